The fourth-order valence-electron chi connectivity index (χ4n) is 4.91. The minimum Gasteiger partial charge on any atom is -0.342 e. The number of anilines is 3. The van der Waals surface area contributed by atoms with Gasteiger partial charge >= 0.3 is 0 Å². The van der Waals surface area contributed by atoms with Gasteiger partial charge in [0.15, 0.2) is 0 Å². The number of para-hydroxylation sites is 1. The number of benzene rings is 4. The highest BCUT2D eigenvalue weighted by Gasteiger charge is 2.27. The normalized spacial score (nSPS) is 12.8. The summed E-state index contributed by atoms with van der Waals surface area (Å²) in [4.78, 5) is 17.6. The standard InChI is InChI=1S/C30H27N3O/c1-32(27-12-4-8-24-7-2-3-11-26(24)27)28-13-5-9-25-10-6-20-33(30(25)28)29(34)19-18-22-14-16-23(21-31)17-15-22/h2-5,7-9,11-17H,6,10,18-20H2,1H3. The van der Waals surface area contributed by atoms with Crippen LogP contribution in [0.2, 0.25) is 0 Å². The van der Waals surface area contributed by atoms with Gasteiger partial charge in [0.05, 0.1) is 23.0 Å². The average molecular weight is 446 g/mol. The molecule has 4 aromatic carbocycles. The van der Waals surface area contributed by atoms with E-state index in [-0.39, 0.29) is 5.91 Å². The van der Waals surface area contributed by atoms with Crippen molar-refractivity contribution in [1.29, 1.82) is 5.26 Å². The van der Waals surface area contributed by atoms with Crippen molar-refractivity contribution in [3.05, 3.63) is 102 Å². The van der Waals surface area contributed by atoms with Crippen LogP contribution in [0.3, 0.4) is 0 Å². The lowest BCUT2D eigenvalue weighted by molar-refractivity contribution is -0.118. The van der Waals surface area contributed by atoms with Crippen LogP contribution < -0.4 is 9.80 Å². The van der Waals surface area contributed by atoms with Crippen LogP contribution in [0.15, 0.2) is 84.9 Å². The number of hydrogen-bond donors (Lipinski definition) is 0. The summed E-state index contributed by atoms with van der Waals surface area (Å²) in [5, 5.41) is 11.4. The Kier molecular flexibility index (Phi) is 6.01. The molecule has 168 valence electrons. The van der Waals surface area contributed by atoms with Gasteiger partial charge in [0.1, 0.15) is 0 Å². The molecule has 1 amide bonds. The second kappa shape index (κ2) is 9.41. The van der Waals surface area contributed by atoms with Crippen molar-refractivity contribution in [3.63, 3.8) is 0 Å². The highest BCUT2D eigenvalue weighted by Crippen LogP contribution is 2.41. The molecule has 0 fully saturated rings. The third-order valence-electron chi connectivity index (χ3n) is 6.70. The van der Waals surface area contributed by atoms with Gasteiger partial charge in [-0.1, -0.05) is 60.7 Å². The monoisotopic (exact) mass is 445 g/mol. The molecule has 4 heteroatoms. The van der Waals surface area contributed by atoms with Crippen LogP contribution in [-0.2, 0) is 17.6 Å². The molecule has 5 rings (SSSR count). The molecule has 0 saturated heterocycles. The van der Waals surface area contributed by atoms with E-state index in [9.17, 15) is 4.79 Å². The summed E-state index contributed by atoms with van der Waals surface area (Å²) >= 11 is 0. The number of rotatable bonds is 5. The van der Waals surface area contributed by atoms with Crippen molar-refractivity contribution in [3.8, 4) is 6.07 Å². The van der Waals surface area contributed by atoms with E-state index in [1.807, 2.05) is 29.2 Å². The van der Waals surface area contributed by atoms with E-state index in [2.05, 4.69) is 78.7 Å². The van der Waals surface area contributed by atoms with Crippen LogP contribution in [0, 0.1) is 11.3 Å². The largest absolute Gasteiger partial charge is 0.342 e. The molecular formula is C30H27N3O. The van der Waals surface area contributed by atoms with Gasteiger partial charge in [-0.2, -0.15) is 5.26 Å². The van der Waals surface area contributed by atoms with Crippen LogP contribution in [0.1, 0.15) is 29.5 Å². The molecule has 0 N–H and O–H groups in total. The maximum Gasteiger partial charge on any atom is 0.227 e. The molecule has 0 atom stereocenters. The molecule has 1 aliphatic rings. The van der Waals surface area contributed by atoms with E-state index in [1.54, 1.807) is 0 Å². The summed E-state index contributed by atoms with van der Waals surface area (Å²) in [5.41, 5.74) is 6.16. The van der Waals surface area contributed by atoms with E-state index in [0.29, 0.717) is 18.4 Å². The zero-order valence-corrected chi connectivity index (χ0v) is 19.4. The predicted molar refractivity (Wildman–Crippen MR) is 139 cm³/mol. The fraction of sp³-hybridized carbons (Fsp3) is 0.200. The summed E-state index contributed by atoms with van der Waals surface area (Å²) in [6, 6.07) is 30.8. The number of fused-ring (bicyclic) bond motifs is 2. The van der Waals surface area contributed by atoms with E-state index < -0.39 is 0 Å². The van der Waals surface area contributed by atoms with Gasteiger partial charge in [0, 0.05) is 31.1 Å². The lowest BCUT2D eigenvalue weighted by Crippen LogP contribution is -2.36. The van der Waals surface area contributed by atoms with Crippen LogP contribution in [0.25, 0.3) is 10.8 Å². The van der Waals surface area contributed by atoms with E-state index in [0.717, 1.165) is 42.0 Å². The van der Waals surface area contributed by atoms with Gasteiger partial charge in [-0.15, -0.1) is 0 Å². The number of carbonyl (C=O) groups excluding carboxylic acids is 1. The van der Waals surface area contributed by atoms with E-state index >= 15 is 0 Å². The molecule has 0 aromatic heterocycles. The third kappa shape index (κ3) is 4.13. The lowest BCUT2D eigenvalue weighted by Gasteiger charge is -2.35. The Bertz CT molecular complexity index is 1380. The summed E-state index contributed by atoms with van der Waals surface area (Å²) < 4.78 is 0. The predicted octanol–water partition coefficient (Wildman–Crippen LogP) is 6.39. The first-order valence-corrected chi connectivity index (χ1v) is 11.8. The van der Waals surface area contributed by atoms with Crippen molar-refractivity contribution < 1.29 is 4.79 Å². The Morgan fingerprint density at radius 2 is 1.68 bits per heavy atom. The maximum atomic E-state index is 13.4. The van der Waals surface area contributed by atoms with Crippen molar-refractivity contribution in [2.45, 2.75) is 25.7 Å². The molecule has 4 aromatic rings. The lowest BCUT2D eigenvalue weighted by atomic mass is 9.98. The molecule has 1 heterocycles. The Hall–Kier alpha value is -4.10. The Morgan fingerprint density at radius 1 is 0.941 bits per heavy atom. The molecule has 0 spiro atoms. The minimum atomic E-state index is 0.143. The number of aryl methyl sites for hydroxylation is 2. The quantitative estimate of drug-likeness (QED) is 0.357. The smallest absolute Gasteiger partial charge is 0.227 e. The molecule has 1 aliphatic heterocycles. The molecule has 0 bridgehead atoms. The van der Waals surface area contributed by atoms with Crippen molar-refractivity contribution >= 4 is 33.7 Å². The summed E-state index contributed by atoms with van der Waals surface area (Å²) in [7, 11) is 2.09. The van der Waals surface area contributed by atoms with Gasteiger partial charge < -0.3 is 9.80 Å². The van der Waals surface area contributed by atoms with Gasteiger partial charge in [0.25, 0.3) is 0 Å². The first kappa shape index (κ1) is 21.7. The van der Waals surface area contributed by atoms with Crippen molar-refractivity contribution in [2.75, 3.05) is 23.4 Å². The fourth-order valence-corrected chi connectivity index (χ4v) is 4.91. The Balaban J connectivity index is 1.45. The maximum absolute atomic E-state index is 13.4. The number of nitrogens with zero attached hydrogens (tertiary/aromatic N) is 3. The van der Waals surface area contributed by atoms with Gasteiger partial charge in [-0.25, -0.2) is 0 Å². The summed E-state index contributed by atoms with van der Waals surface area (Å²) in [6.07, 6.45) is 3.05. The first-order chi connectivity index (χ1) is 16.7. The molecule has 0 unspecified atom stereocenters. The minimum absolute atomic E-state index is 0.143. The molecule has 34 heavy (non-hydrogen) atoms. The van der Waals surface area contributed by atoms with Gasteiger partial charge in [-0.3, -0.25) is 4.79 Å². The number of amides is 1. The first-order valence-electron chi connectivity index (χ1n) is 11.8. The van der Waals surface area contributed by atoms with Crippen LogP contribution >= 0.6 is 0 Å². The van der Waals surface area contributed by atoms with Crippen LogP contribution in [0.5, 0.6) is 0 Å². The van der Waals surface area contributed by atoms with E-state index in [1.165, 1.54) is 16.3 Å². The summed E-state index contributed by atoms with van der Waals surface area (Å²) in [5.74, 6) is 0.143. The number of carbonyl (C=O) groups is 1. The highest BCUT2D eigenvalue weighted by molar-refractivity contribution is 6.02. The molecule has 0 saturated carbocycles. The molecular weight excluding hydrogens is 418 g/mol. The SMILES string of the molecule is CN(c1cccc2c1N(C(=O)CCc1ccc(C#N)cc1)CCC2)c1cccc2ccccc12. The zero-order valence-electron chi connectivity index (χ0n) is 19.4. The van der Waals surface area contributed by atoms with Gasteiger partial charge in [-0.05, 0) is 60.0 Å². The molecule has 0 radical (unpaired) electrons. The zero-order chi connectivity index (χ0) is 23.5. The van der Waals surface area contributed by atoms with Gasteiger partial charge in [0.2, 0.25) is 5.91 Å². The van der Waals surface area contributed by atoms with Crippen LogP contribution in [-0.4, -0.2) is 19.5 Å². The van der Waals surface area contributed by atoms with Crippen molar-refractivity contribution in [2.24, 2.45) is 0 Å². The second-order valence-electron chi connectivity index (χ2n) is 8.80. The number of hydrogen-bond acceptors (Lipinski definition) is 3. The summed E-state index contributed by atoms with van der Waals surface area (Å²) in [6.45, 7) is 0.736. The molecule has 0 aliphatic carbocycles. The highest BCUT2D eigenvalue weighted by atomic mass is 16.2. The topological polar surface area (TPSA) is 47.3 Å². The van der Waals surface area contributed by atoms with Crippen LogP contribution in [0.4, 0.5) is 17.1 Å². The third-order valence-corrected chi connectivity index (χ3v) is 6.70. The number of nitriles is 1. The molecule has 4 nitrogen and oxygen atoms in total. The average Bonchev–Trinajstić information content (AvgIpc) is 2.90. The Labute approximate surface area is 200 Å². The van der Waals surface area contributed by atoms with Crippen molar-refractivity contribution in [1.82, 2.24) is 0 Å². The Morgan fingerprint density at radius 3 is 2.50 bits per heavy atom. The second-order valence-corrected chi connectivity index (χ2v) is 8.80. The van der Waals surface area contributed by atoms with E-state index in [4.69, 9.17) is 5.26 Å².